The van der Waals surface area contributed by atoms with Crippen LogP contribution in [0.2, 0.25) is 10.0 Å². The van der Waals surface area contributed by atoms with Gasteiger partial charge in [0.15, 0.2) is 12.2 Å². The predicted octanol–water partition coefficient (Wildman–Crippen LogP) is 4.63. The summed E-state index contributed by atoms with van der Waals surface area (Å²) in [4.78, 5) is 16.1. The number of fused-ring (bicyclic) bond motifs is 1. The first kappa shape index (κ1) is 14.8. The summed E-state index contributed by atoms with van der Waals surface area (Å²) in [6.45, 7) is -0.186. The molecule has 0 amide bonds. The van der Waals surface area contributed by atoms with Gasteiger partial charge in [0.05, 0.1) is 15.6 Å². The molecule has 0 N–H and O–H groups in total. The average Bonchev–Trinajstić information content (AvgIpc) is 2.91. The number of esters is 1. The van der Waals surface area contributed by atoms with E-state index in [1.54, 1.807) is 18.2 Å². The largest absolute Gasteiger partial charge is 0.452 e. The van der Waals surface area contributed by atoms with Crippen LogP contribution < -0.4 is 0 Å². The SMILES string of the molecule is O=C(OCc1nc2ccccc2o1)c1cc(F)c(Cl)cc1Cl. The Labute approximate surface area is 134 Å². The standard InChI is InChI=1S/C15H8Cl2FNO3/c16-9-6-10(17)11(18)5-8(9)15(20)21-7-14-19-12-3-1-2-4-13(12)22-14/h1-6H,7H2. The van der Waals surface area contributed by atoms with Crippen molar-refractivity contribution in [2.75, 3.05) is 0 Å². The molecule has 22 heavy (non-hydrogen) atoms. The van der Waals surface area contributed by atoms with Gasteiger partial charge in [-0.1, -0.05) is 35.3 Å². The Morgan fingerprint density at radius 2 is 2.00 bits per heavy atom. The molecule has 112 valence electrons. The van der Waals surface area contributed by atoms with Crippen molar-refractivity contribution in [1.82, 2.24) is 4.98 Å². The Bertz CT molecular complexity index is 830. The molecule has 7 heteroatoms. The van der Waals surface area contributed by atoms with Crippen LogP contribution in [-0.2, 0) is 11.3 Å². The van der Waals surface area contributed by atoms with Crippen LogP contribution in [0.25, 0.3) is 11.1 Å². The molecule has 3 aromatic rings. The monoisotopic (exact) mass is 339 g/mol. The molecule has 4 nitrogen and oxygen atoms in total. The van der Waals surface area contributed by atoms with E-state index in [0.717, 1.165) is 12.1 Å². The number of hydrogen-bond acceptors (Lipinski definition) is 4. The number of oxazole rings is 1. The molecule has 0 aliphatic carbocycles. The zero-order valence-corrected chi connectivity index (χ0v) is 12.5. The molecule has 0 unspecified atom stereocenters. The van der Waals surface area contributed by atoms with Crippen molar-refractivity contribution < 1.29 is 18.3 Å². The number of rotatable bonds is 3. The second-order valence-corrected chi connectivity index (χ2v) is 5.21. The van der Waals surface area contributed by atoms with E-state index >= 15 is 0 Å². The predicted molar refractivity (Wildman–Crippen MR) is 79.5 cm³/mol. The summed E-state index contributed by atoms with van der Waals surface area (Å²) in [7, 11) is 0. The van der Waals surface area contributed by atoms with Crippen LogP contribution in [0, 0.1) is 5.82 Å². The van der Waals surface area contributed by atoms with Crippen LogP contribution >= 0.6 is 23.2 Å². The minimum absolute atomic E-state index is 0.00830. The summed E-state index contributed by atoms with van der Waals surface area (Å²) >= 11 is 11.4. The van der Waals surface area contributed by atoms with E-state index < -0.39 is 11.8 Å². The lowest BCUT2D eigenvalue weighted by Crippen LogP contribution is -2.07. The molecule has 0 saturated heterocycles. The van der Waals surface area contributed by atoms with Crippen molar-refractivity contribution in [3.8, 4) is 0 Å². The summed E-state index contributed by atoms with van der Waals surface area (Å²) < 4.78 is 23.8. The highest BCUT2D eigenvalue weighted by Crippen LogP contribution is 2.25. The molecule has 0 fully saturated rings. The Balaban J connectivity index is 1.76. The fourth-order valence-corrected chi connectivity index (χ4v) is 2.33. The first-order valence-electron chi connectivity index (χ1n) is 6.20. The van der Waals surface area contributed by atoms with Gasteiger partial charge in [-0.3, -0.25) is 0 Å². The summed E-state index contributed by atoms with van der Waals surface area (Å²) in [6.07, 6.45) is 0. The van der Waals surface area contributed by atoms with Crippen molar-refractivity contribution >= 4 is 40.3 Å². The van der Waals surface area contributed by atoms with Gasteiger partial charge >= 0.3 is 5.97 Å². The van der Waals surface area contributed by atoms with E-state index in [1.807, 2.05) is 6.07 Å². The highest BCUT2D eigenvalue weighted by Gasteiger charge is 2.17. The number of ether oxygens (including phenoxy) is 1. The van der Waals surface area contributed by atoms with Gasteiger partial charge in [-0.15, -0.1) is 0 Å². The van der Waals surface area contributed by atoms with E-state index in [2.05, 4.69) is 4.98 Å². The average molecular weight is 340 g/mol. The lowest BCUT2D eigenvalue weighted by molar-refractivity contribution is 0.0440. The summed E-state index contributed by atoms with van der Waals surface area (Å²) in [5, 5.41) is -0.158. The van der Waals surface area contributed by atoms with Crippen molar-refractivity contribution in [1.29, 1.82) is 0 Å². The molecule has 0 spiro atoms. The van der Waals surface area contributed by atoms with Gasteiger partial charge in [0.2, 0.25) is 5.89 Å². The Kier molecular flexibility index (Phi) is 4.00. The van der Waals surface area contributed by atoms with Crippen molar-refractivity contribution in [3.63, 3.8) is 0 Å². The third-order valence-electron chi connectivity index (χ3n) is 2.89. The number of para-hydroxylation sites is 2. The zero-order chi connectivity index (χ0) is 15.7. The van der Waals surface area contributed by atoms with E-state index in [0.29, 0.717) is 11.1 Å². The first-order chi connectivity index (χ1) is 10.5. The molecule has 0 saturated carbocycles. The highest BCUT2D eigenvalue weighted by atomic mass is 35.5. The van der Waals surface area contributed by atoms with Crippen LogP contribution in [-0.4, -0.2) is 11.0 Å². The van der Waals surface area contributed by atoms with Gasteiger partial charge < -0.3 is 9.15 Å². The second-order valence-electron chi connectivity index (χ2n) is 4.40. The van der Waals surface area contributed by atoms with Crippen LogP contribution in [0.15, 0.2) is 40.8 Å². The molecule has 0 aliphatic heterocycles. The van der Waals surface area contributed by atoms with Gasteiger partial charge in [-0.2, -0.15) is 0 Å². The summed E-state index contributed by atoms with van der Waals surface area (Å²) in [6, 6.07) is 9.22. The quantitative estimate of drug-likeness (QED) is 0.515. The third-order valence-corrected chi connectivity index (χ3v) is 3.50. The van der Waals surface area contributed by atoms with Crippen LogP contribution in [0.1, 0.15) is 16.2 Å². The molecule has 3 rings (SSSR count). The summed E-state index contributed by atoms with van der Waals surface area (Å²) in [5.74, 6) is -1.30. The van der Waals surface area contributed by atoms with E-state index in [9.17, 15) is 9.18 Å². The van der Waals surface area contributed by atoms with Crippen molar-refractivity contribution in [2.24, 2.45) is 0 Å². The fourth-order valence-electron chi connectivity index (χ4n) is 1.87. The molecule has 0 radical (unpaired) electrons. The zero-order valence-electron chi connectivity index (χ0n) is 11.0. The maximum Gasteiger partial charge on any atom is 0.340 e. The van der Waals surface area contributed by atoms with Crippen molar-refractivity contribution in [3.05, 3.63) is 63.7 Å². The fraction of sp³-hybridized carbons (Fsp3) is 0.0667. The molecule has 1 heterocycles. The van der Waals surface area contributed by atoms with E-state index in [4.69, 9.17) is 32.4 Å². The number of carbonyl (C=O) groups excluding carboxylic acids is 1. The first-order valence-corrected chi connectivity index (χ1v) is 6.96. The number of aromatic nitrogens is 1. The Morgan fingerprint density at radius 1 is 1.23 bits per heavy atom. The van der Waals surface area contributed by atoms with Gasteiger partial charge in [0, 0.05) is 0 Å². The molecule has 0 aliphatic rings. The number of nitrogens with zero attached hydrogens (tertiary/aromatic N) is 1. The topological polar surface area (TPSA) is 52.3 Å². The number of carbonyl (C=O) groups is 1. The maximum atomic E-state index is 13.4. The number of benzene rings is 2. The Morgan fingerprint density at radius 3 is 2.77 bits per heavy atom. The van der Waals surface area contributed by atoms with Crippen LogP contribution in [0.4, 0.5) is 4.39 Å². The van der Waals surface area contributed by atoms with Crippen LogP contribution in [0.5, 0.6) is 0 Å². The van der Waals surface area contributed by atoms with Crippen LogP contribution in [0.3, 0.4) is 0 Å². The highest BCUT2D eigenvalue weighted by molar-refractivity contribution is 6.36. The normalized spacial score (nSPS) is 10.9. The third kappa shape index (κ3) is 2.91. The maximum absolute atomic E-state index is 13.4. The minimum Gasteiger partial charge on any atom is -0.452 e. The number of hydrogen-bond donors (Lipinski definition) is 0. The Hall–Kier alpha value is -2.11. The lowest BCUT2D eigenvalue weighted by Gasteiger charge is -2.05. The van der Waals surface area contributed by atoms with Gasteiger partial charge in [-0.05, 0) is 24.3 Å². The molecule has 1 aromatic heterocycles. The van der Waals surface area contributed by atoms with E-state index in [1.165, 1.54) is 0 Å². The molecular weight excluding hydrogens is 332 g/mol. The smallest absolute Gasteiger partial charge is 0.340 e. The van der Waals surface area contributed by atoms with Crippen molar-refractivity contribution in [2.45, 2.75) is 6.61 Å². The molecule has 0 atom stereocenters. The molecule has 2 aromatic carbocycles. The van der Waals surface area contributed by atoms with Gasteiger partial charge in [0.1, 0.15) is 11.3 Å². The van der Waals surface area contributed by atoms with Gasteiger partial charge in [-0.25, -0.2) is 14.2 Å². The molecule has 0 bridgehead atoms. The van der Waals surface area contributed by atoms with Gasteiger partial charge in [0.25, 0.3) is 0 Å². The minimum atomic E-state index is -0.789. The van der Waals surface area contributed by atoms with E-state index in [-0.39, 0.29) is 28.1 Å². The summed E-state index contributed by atoms with van der Waals surface area (Å²) in [5.41, 5.74) is 1.13. The molecular formula is C15H8Cl2FNO3. The second kappa shape index (κ2) is 5.94. The number of halogens is 3. The lowest BCUT2D eigenvalue weighted by atomic mass is 10.2.